The Bertz CT molecular complexity index is 563. The van der Waals surface area contributed by atoms with Crippen LogP contribution in [0.1, 0.15) is 65.7 Å². The van der Waals surface area contributed by atoms with Gasteiger partial charge in [0.15, 0.2) is 0 Å². The number of Topliss-reactive ketones (excluding diaryl/α,β-unsaturated/α-hetero) is 1. The number of hydrogen-bond donors (Lipinski definition) is 0. The second kappa shape index (κ2) is 9.80. The molecule has 0 saturated carbocycles. The molecule has 0 radical (unpaired) electrons. The van der Waals surface area contributed by atoms with Crippen LogP contribution in [-0.4, -0.2) is 46.6 Å². The van der Waals surface area contributed by atoms with E-state index in [0.29, 0.717) is 29.7 Å². The Hall–Kier alpha value is -1.57. The highest BCUT2D eigenvalue weighted by Crippen LogP contribution is 2.16. The van der Waals surface area contributed by atoms with Crippen LogP contribution in [0.2, 0.25) is 0 Å². The van der Waals surface area contributed by atoms with Crippen molar-refractivity contribution in [3.05, 3.63) is 35.9 Å². The Balaban J connectivity index is 3.28. The lowest BCUT2D eigenvalue weighted by molar-refractivity contribution is 0.105. The quantitative estimate of drug-likeness (QED) is 0.423. The van der Waals surface area contributed by atoms with Crippen LogP contribution >= 0.6 is 0 Å². The molecule has 4 heteroatoms. The van der Waals surface area contributed by atoms with Gasteiger partial charge in [-0.3, -0.25) is 4.79 Å². The first kappa shape index (κ1) is 21.5. The molecule has 0 saturated heterocycles. The minimum atomic E-state index is -0.120. The fourth-order valence-electron chi connectivity index (χ4n) is 3.42. The largest absolute Gasteiger partial charge is 0.401 e. The first-order valence-electron chi connectivity index (χ1n) is 9.32. The standard InChI is InChI=1S/C21H33BN2O/c1-16(2)23(17(3)4)22(24(18(5)6)19(7)8)15-14-21(25)20-12-10-9-11-13-20/h9-13,16-19H,1-8H3. The van der Waals surface area contributed by atoms with Gasteiger partial charge in [0, 0.05) is 5.56 Å². The summed E-state index contributed by atoms with van der Waals surface area (Å²) in [7, 11) is 0. The smallest absolute Gasteiger partial charge is 0.313 e. The highest BCUT2D eigenvalue weighted by Gasteiger charge is 2.35. The van der Waals surface area contributed by atoms with Crippen LogP contribution in [0.25, 0.3) is 0 Å². The van der Waals surface area contributed by atoms with Gasteiger partial charge in [0.2, 0.25) is 5.78 Å². The molecule has 1 aromatic rings. The molecular formula is C21H33BN2O. The van der Waals surface area contributed by atoms with Gasteiger partial charge in [0.25, 0.3) is 0 Å². The predicted octanol–water partition coefficient (Wildman–Crippen LogP) is 4.14. The molecule has 0 N–H and O–H groups in total. The summed E-state index contributed by atoms with van der Waals surface area (Å²) in [6.07, 6.45) is 0. The maximum Gasteiger partial charge on any atom is 0.401 e. The molecule has 0 amide bonds. The molecule has 1 aromatic carbocycles. The van der Waals surface area contributed by atoms with Crippen LogP contribution in [-0.2, 0) is 0 Å². The Morgan fingerprint density at radius 3 is 1.56 bits per heavy atom. The third-order valence-corrected chi connectivity index (χ3v) is 4.30. The van der Waals surface area contributed by atoms with Gasteiger partial charge in [-0.25, -0.2) is 0 Å². The molecule has 3 nitrogen and oxygen atoms in total. The molecule has 0 atom stereocenters. The number of carbonyl (C=O) groups is 1. The second-order valence-electron chi connectivity index (χ2n) is 7.61. The summed E-state index contributed by atoms with van der Waals surface area (Å²) in [4.78, 5) is 17.2. The molecule has 0 aromatic heterocycles. The molecule has 25 heavy (non-hydrogen) atoms. The first-order valence-corrected chi connectivity index (χ1v) is 9.32. The van der Waals surface area contributed by atoms with Gasteiger partial charge in [-0.15, -0.1) is 5.82 Å². The fraction of sp³-hybridized carbons (Fsp3) is 0.571. The van der Waals surface area contributed by atoms with Crippen LogP contribution in [0, 0.1) is 11.7 Å². The van der Waals surface area contributed by atoms with E-state index >= 15 is 0 Å². The van der Waals surface area contributed by atoms with Crippen LogP contribution in [0.5, 0.6) is 0 Å². The summed E-state index contributed by atoms with van der Waals surface area (Å²) in [6, 6.07) is 10.6. The monoisotopic (exact) mass is 340 g/mol. The van der Waals surface area contributed by atoms with E-state index in [2.05, 4.69) is 76.8 Å². The van der Waals surface area contributed by atoms with Gasteiger partial charge in [0.05, 0.1) is 0 Å². The van der Waals surface area contributed by atoms with Crippen molar-refractivity contribution in [3.8, 4) is 11.7 Å². The van der Waals surface area contributed by atoms with Crippen molar-refractivity contribution in [2.45, 2.75) is 79.6 Å². The van der Waals surface area contributed by atoms with E-state index in [1.54, 1.807) is 0 Å². The molecule has 0 fully saturated rings. The average molecular weight is 340 g/mol. The maximum absolute atomic E-state index is 12.5. The van der Waals surface area contributed by atoms with Gasteiger partial charge in [-0.05, 0) is 30.1 Å². The van der Waals surface area contributed by atoms with Crippen LogP contribution in [0.3, 0.4) is 0 Å². The van der Waals surface area contributed by atoms with E-state index in [1.165, 1.54) is 0 Å². The zero-order valence-corrected chi connectivity index (χ0v) is 17.1. The van der Waals surface area contributed by atoms with Crippen molar-refractivity contribution in [1.29, 1.82) is 0 Å². The number of hydrogen-bond acceptors (Lipinski definition) is 3. The van der Waals surface area contributed by atoms with E-state index in [-0.39, 0.29) is 12.8 Å². The van der Waals surface area contributed by atoms with Crippen molar-refractivity contribution >= 4 is 12.8 Å². The summed E-state index contributed by atoms with van der Waals surface area (Å²) < 4.78 is 0. The zero-order valence-electron chi connectivity index (χ0n) is 17.1. The molecular weight excluding hydrogens is 307 g/mol. The Morgan fingerprint density at radius 1 is 0.800 bits per heavy atom. The van der Waals surface area contributed by atoms with Crippen molar-refractivity contribution in [2.75, 3.05) is 0 Å². The van der Waals surface area contributed by atoms with E-state index in [1.807, 2.05) is 30.3 Å². The van der Waals surface area contributed by atoms with Crippen LogP contribution in [0.4, 0.5) is 0 Å². The lowest BCUT2D eigenvalue weighted by atomic mass is 9.68. The third kappa shape index (κ3) is 6.02. The minimum absolute atomic E-state index is 0.0901. The fourth-order valence-corrected chi connectivity index (χ4v) is 3.42. The molecule has 0 aliphatic carbocycles. The number of carbonyl (C=O) groups excluding carboxylic acids is 1. The lowest BCUT2D eigenvalue weighted by Gasteiger charge is -2.42. The van der Waals surface area contributed by atoms with Gasteiger partial charge in [-0.1, -0.05) is 85.7 Å². The Labute approximate surface area is 154 Å². The third-order valence-electron chi connectivity index (χ3n) is 4.30. The van der Waals surface area contributed by atoms with Crippen molar-refractivity contribution < 1.29 is 4.79 Å². The molecule has 0 aliphatic rings. The number of nitrogens with zero attached hydrogens (tertiary/aromatic N) is 2. The molecule has 0 bridgehead atoms. The summed E-state index contributed by atoms with van der Waals surface area (Å²) >= 11 is 0. The molecule has 0 spiro atoms. The SMILES string of the molecule is CC(C)N(B(C#CC(=O)c1ccccc1)N(C(C)C)C(C)C)C(C)C. The van der Waals surface area contributed by atoms with Gasteiger partial charge in [-0.2, -0.15) is 0 Å². The second-order valence-corrected chi connectivity index (χ2v) is 7.61. The minimum Gasteiger partial charge on any atom is -0.313 e. The summed E-state index contributed by atoms with van der Waals surface area (Å²) in [5.41, 5.74) is 0.648. The highest BCUT2D eigenvalue weighted by molar-refractivity contribution is 6.62. The van der Waals surface area contributed by atoms with E-state index in [0.717, 1.165) is 0 Å². The molecule has 1 rings (SSSR count). The van der Waals surface area contributed by atoms with Crippen molar-refractivity contribution in [1.82, 2.24) is 9.62 Å². The molecule has 0 unspecified atom stereocenters. The summed E-state index contributed by atoms with van der Waals surface area (Å²) in [6.45, 7) is 17.4. The van der Waals surface area contributed by atoms with Gasteiger partial charge < -0.3 is 9.62 Å². The number of ketones is 1. The predicted molar refractivity (Wildman–Crippen MR) is 109 cm³/mol. The normalized spacial score (nSPS) is 11.6. The van der Waals surface area contributed by atoms with Gasteiger partial charge >= 0.3 is 6.98 Å². The Morgan fingerprint density at radius 2 is 1.20 bits per heavy atom. The molecule has 0 aliphatic heterocycles. The summed E-state index contributed by atoms with van der Waals surface area (Å²) in [5.74, 6) is 6.08. The van der Waals surface area contributed by atoms with Crippen molar-refractivity contribution in [3.63, 3.8) is 0 Å². The van der Waals surface area contributed by atoms with Gasteiger partial charge in [0.1, 0.15) is 0 Å². The van der Waals surface area contributed by atoms with Crippen LogP contribution < -0.4 is 0 Å². The van der Waals surface area contributed by atoms with E-state index in [9.17, 15) is 4.79 Å². The maximum atomic E-state index is 12.5. The summed E-state index contributed by atoms with van der Waals surface area (Å²) in [5, 5.41) is 0. The molecule has 136 valence electrons. The van der Waals surface area contributed by atoms with E-state index < -0.39 is 0 Å². The average Bonchev–Trinajstić information content (AvgIpc) is 2.51. The Kier molecular flexibility index (Phi) is 8.42. The first-order chi connectivity index (χ1) is 11.7. The topological polar surface area (TPSA) is 23.6 Å². The van der Waals surface area contributed by atoms with E-state index in [4.69, 9.17) is 0 Å². The zero-order chi connectivity index (χ0) is 19.1. The highest BCUT2D eigenvalue weighted by atomic mass is 16.1. The number of rotatable bonds is 7. The van der Waals surface area contributed by atoms with Crippen molar-refractivity contribution in [2.24, 2.45) is 0 Å². The number of benzene rings is 1. The lowest BCUT2D eigenvalue weighted by Crippen LogP contribution is -2.61. The molecule has 0 heterocycles. The van der Waals surface area contributed by atoms with Crippen LogP contribution in [0.15, 0.2) is 30.3 Å².